The van der Waals surface area contributed by atoms with Crippen LogP contribution in [0.15, 0.2) is 30.7 Å². The fraction of sp³-hybridized carbons (Fsp3) is 0.409. The predicted octanol–water partition coefficient (Wildman–Crippen LogP) is 4.55. The first kappa shape index (κ1) is 22.1. The Labute approximate surface area is 193 Å². The molecule has 1 saturated carbocycles. The molecule has 0 aliphatic heterocycles. The van der Waals surface area contributed by atoms with Gasteiger partial charge in [0.2, 0.25) is 17.7 Å². The zero-order valence-corrected chi connectivity index (χ0v) is 18.5. The highest BCUT2D eigenvalue weighted by Gasteiger charge is 2.36. The van der Waals surface area contributed by atoms with Crippen molar-refractivity contribution in [2.75, 3.05) is 11.1 Å². The molecule has 0 amide bonds. The van der Waals surface area contributed by atoms with Crippen LogP contribution in [-0.4, -0.2) is 34.3 Å². The number of nitrogens with zero attached hydrogens (tertiary/aromatic N) is 6. The van der Waals surface area contributed by atoms with Gasteiger partial charge < -0.3 is 20.4 Å². The molecule has 4 N–H and O–H groups in total. The van der Waals surface area contributed by atoms with Gasteiger partial charge in [0.05, 0.1) is 29.6 Å². The van der Waals surface area contributed by atoms with E-state index in [0.717, 1.165) is 43.4 Å². The van der Waals surface area contributed by atoms with Gasteiger partial charge in [-0.2, -0.15) is 28.1 Å². The summed E-state index contributed by atoms with van der Waals surface area (Å²) in [5.41, 5.74) is 7.96. The van der Waals surface area contributed by atoms with Gasteiger partial charge in [-0.1, -0.05) is 19.3 Å². The Morgan fingerprint density at radius 1 is 1.09 bits per heavy atom. The number of imidazole rings is 2. The summed E-state index contributed by atoms with van der Waals surface area (Å²) in [5, 5.41) is 3.22. The average molecular weight is 471 g/mol. The first-order valence-electron chi connectivity index (χ1n) is 11.1. The molecule has 5 rings (SSSR count). The van der Waals surface area contributed by atoms with Crippen molar-refractivity contribution in [3.8, 4) is 11.4 Å². The molecule has 4 aromatic heterocycles. The van der Waals surface area contributed by atoms with Gasteiger partial charge in [0.25, 0.3) is 0 Å². The summed E-state index contributed by atoms with van der Waals surface area (Å²) in [4.78, 5) is 23.3. The molecule has 0 unspecified atom stereocenters. The predicted molar refractivity (Wildman–Crippen MR) is 120 cm³/mol. The second-order valence-corrected chi connectivity index (χ2v) is 8.56. The Bertz CT molecular complexity index is 1300. The fourth-order valence-electron chi connectivity index (χ4n) is 4.53. The van der Waals surface area contributed by atoms with Crippen LogP contribution in [0, 0.1) is 12.8 Å². The van der Waals surface area contributed by atoms with Gasteiger partial charge in [0.15, 0.2) is 5.82 Å². The highest BCUT2D eigenvalue weighted by Crippen LogP contribution is 2.37. The van der Waals surface area contributed by atoms with Gasteiger partial charge >= 0.3 is 6.18 Å². The van der Waals surface area contributed by atoms with Crippen LogP contribution in [0.25, 0.3) is 16.9 Å². The van der Waals surface area contributed by atoms with Crippen LogP contribution in [0.3, 0.4) is 0 Å². The molecule has 4 heterocycles. The summed E-state index contributed by atoms with van der Waals surface area (Å²) in [6, 6.07) is 3.28. The van der Waals surface area contributed by atoms with E-state index in [1.165, 1.54) is 6.20 Å². The Balaban J connectivity index is 1.49. The largest absolute Gasteiger partial charge is 0.449 e. The zero-order chi connectivity index (χ0) is 23.9. The second-order valence-electron chi connectivity index (χ2n) is 8.56. The van der Waals surface area contributed by atoms with E-state index >= 15 is 0 Å². The third-order valence-electron chi connectivity index (χ3n) is 6.23. The molecular weight excluding hydrogens is 447 g/mol. The van der Waals surface area contributed by atoms with E-state index in [9.17, 15) is 13.2 Å². The number of nitrogens with two attached hydrogens (primary N) is 1. The summed E-state index contributed by atoms with van der Waals surface area (Å²) in [6.07, 6.45) is 5.20. The maximum absolute atomic E-state index is 13.2. The Hall–Kier alpha value is -3.70. The standard InChI is InChI=1S/C22H24F3N9/c1-12-27-9-15-8-7-14(11-34(12)15)18-31-20(26)33-21(32-18)30-17(13-5-3-2-4-6-13)16-10-28-19(29-16)22(23,24)25/h7-11,13,17H,2-6H2,1H3,(H,28,29)(H3,26,30,31,32,33)/t17-/m1/s1. The van der Waals surface area contributed by atoms with Crippen molar-refractivity contribution >= 4 is 17.4 Å². The van der Waals surface area contributed by atoms with Gasteiger partial charge in [-0.05, 0) is 37.8 Å². The quantitative estimate of drug-likeness (QED) is 0.390. The number of fused-ring (bicyclic) bond motifs is 1. The maximum atomic E-state index is 13.2. The summed E-state index contributed by atoms with van der Waals surface area (Å²) < 4.78 is 41.4. The van der Waals surface area contributed by atoms with Crippen molar-refractivity contribution in [1.29, 1.82) is 0 Å². The summed E-state index contributed by atoms with van der Waals surface area (Å²) >= 11 is 0. The molecule has 9 nitrogen and oxygen atoms in total. The van der Waals surface area contributed by atoms with Crippen LogP contribution in [0.5, 0.6) is 0 Å². The topological polar surface area (TPSA) is 123 Å². The summed E-state index contributed by atoms with van der Waals surface area (Å²) in [7, 11) is 0. The van der Waals surface area contributed by atoms with Crippen LogP contribution in [0.4, 0.5) is 25.1 Å². The van der Waals surface area contributed by atoms with E-state index in [0.29, 0.717) is 17.1 Å². The van der Waals surface area contributed by atoms with Crippen molar-refractivity contribution in [3.63, 3.8) is 0 Å². The third kappa shape index (κ3) is 4.39. The molecular formula is C22H24F3N9. The SMILES string of the molecule is Cc1ncc2ccc(-c3nc(N)nc(N[C@@H](c4cnc(C(F)(F)F)[nH]4)C4CCCCC4)n3)cn12. The Morgan fingerprint density at radius 2 is 1.88 bits per heavy atom. The Kier molecular flexibility index (Phi) is 5.58. The van der Waals surface area contributed by atoms with Crippen LogP contribution >= 0.6 is 0 Å². The molecule has 12 heteroatoms. The molecule has 1 aliphatic carbocycles. The maximum Gasteiger partial charge on any atom is 0.449 e. The lowest BCUT2D eigenvalue weighted by atomic mass is 9.83. The van der Waals surface area contributed by atoms with Crippen molar-refractivity contribution in [3.05, 3.63) is 48.1 Å². The number of H-pyrrole nitrogens is 1. The number of aromatic nitrogens is 7. The number of hydrogen-bond acceptors (Lipinski definition) is 7. The van der Waals surface area contributed by atoms with E-state index in [4.69, 9.17) is 5.73 Å². The van der Waals surface area contributed by atoms with Gasteiger partial charge in [-0.15, -0.1) is 0 Å². The minimum Gasteiger partial charge on any atom is -0.368 e. The van der Waals surface area contributed by atoms with Crippen LogP contribution in [-0.2, 0) is 6.18 Å². The number of pyridine rings is 1. The van der Waals surface area contributed by atoms with Gasteiger partial charge in [-0.3, -0.25) is 0 Å². The zero-order valence-electron chi connectivity index (χ0n) is 18.5. The smallest absolute Gasteiger partial charge is 0.368 e. The lowest BCUT2D eigenvalue weighted by Gasteiger charge is -2.30. The molecule has 1 aliphatic rings. The normalized spacial score (nSPS) is 16.1. The van der Waals surface area contributed by atoms with Crippen LogP contribution in [0.2, 0.25) is 0 Å². The average Bonchev–Trinajstić information content (AvgIpc) is 3.45. The van der Waals surface area contributed by atoms with Gasteiger partial charge in [0.1, 0.15) is 5.82 Å². The molecule has 1 fully saturated rings. The highest BCUT2D eigenvalue weighted by atomic mass is 19.4. The molecule has 0 spiro atoms. The minimum atomic E-state index is -4.55. The van der Waals surface area contributed by atoms with E-state index in [1.807, 2.05) is 29.7 Å². The monoisotopic (exact) mass is 471 g/mol. The number of nitrogens with one attached hydrogen (secondary N) is 2. The van der Waals surface area contributed by atoms with E-state index in [1.54, 1.807) is 6.20 Å². The van der Waals surface area contributed by atoms with Gasteiger partial charge in [-0.25, -0.2) is 9.97 Å². The first-order chi connectivity index (χ1) is 16.3. The molecule has 0 aromatic carbocycles. The number of aromatic amines is 1. The second kappa shape index (κ2) is 8.58. The molecule has 0 saturated heterocycles. The lowest BCUT2D eigenvalue weighted by Crippen LogP contribution is -2.25. The summed E-state index contributed by atoms with van der Waals surface area (Å²) in [5.74, 6) is 0.454. The van der Waals surface area contributed by atoms with E-state index in [-0.39, 0.29) is 17.8 Å². The molecule has 0 radical (unpaired) electrons. The van der Waals surface area contributed by atoms with Gasteiger partial charge in [0, 0.05) is 11.8 Å². The van der Waals surface area contributed by atoms with Crippen molar-refractivity contribution in [2.24, 2.45) is 5.92 Å². The molecule has 0 bridgehead atoms. The molecule has 34 heavy (non-hydrogen) atoms. The number of anilines is 2. The highest BCUT2D eigenvalue weighted by molar-refractivity contribution is 5.61. The van der Waals surface area contributed by atoms with Crippen LogP contribution < -0.4 is 11.1 Å². The third-order valence-corrected chi connectivity index (χ3v) is 6.23. The Morgan fingerprint density at radius 3 is 2.62 bits per heavy atom. The number of rotatable bonds is 5. The van der Waals surface area contributed by atoms with Crippen molar-refractivity contribution < 1.29 is 13.2 Å². The first-order valence-corrected chi connectivity index (χ1v) is 11.1. The molecule has 4 aromatic rings. The van der Waals surface area contributed by atoms with Crippen molar-refractivity contribution in [1.82, 2.24) is 34.3 Å². The lowest BCUT2D eigenvalue weighted by molar-refractivity contribution is -0.144. The number of aryl methyl sites for hydroxylation is 1. The van der Waals surface area contributed by atoms with E-state index in [2.05, 4.69) is 35.2 Å². The molecule has 178 valence electrons. The number of nitrogen functional groups attached to an aromatic ring is 1. The van der Waals surface area contributed by atoms with Crippen molar-refractivity contribution in [2.45, 2.75) is 51.2 Å². The fourth-order valence-corrected chi connectivity index (χ4v) is 4.53. The number of halogens is 3. The number of hydrogen-bond donors (Lipinski definition) is 3. The van der Waals surface area contributed by atoms with E-state index < -0.39 is 18.0 Å². The minimum absolute atomic E-state index is 0.0120. The number of alkyl halides is 3. The van der Waals surface area contributed by atoms with Crippen LogP contribution in [0.1, 0.15) is 55.5 Å². The summed E-state index contributed by atoms with van der Waals surface area (Å²) in [6.45, 7) is 1.89. The molecule has 1 atom stereocenters.